The van der Waals surface area contributed by atoms with Crippen LogP contribution in [0.25, 0.3) is 0 Å². The molecule has 0 amide bonds. The fourth-order valence-electron chi connectivity index (χ4n) is 1.41. The molecule has 0 radical (unpaired) electrons. The van der Waals surface area contributed by atoms with E-state index in [1.54, 1.807) is 0 Å². The van der Waals surface area contributed by atoms with Crippen LogP contribution >= 0.6 is 11.6 Å². The Morgan fingerprint density at radius 2 is 2.05 bits per heavy atom. The highest BCUT2D eigenvalue weighted by atomic mass is 35.5. The smallest absolute Gasteiger partial charge is 0.249 e. The Balaban J connectivity index is 2.22. The Labute approximate surface area is 120 Å². The number of rotatable bonds is 5. The van der Waals surface area contributed by atoms with Crippen molar-refractivity contribution in [3.8, 4) is 17.5 Å². The van der Waals surface area contributed by atoms with Gasteiger partial charge in [0, 0.05) is 6.07 Å². The Hall–Kier alpha value is -2.08. The van der Waals surface area contributed by atoms with E-state index in [0.717, 1.165) is 6.42 Å². The molecule has 1 heterocycles. The quantitative estimate of drug-likeness (QED) is 0.915. The molecule has 0 aliphatic heterocycles. The van der Waals surface area contributed by atoms with Gasteiger partial charge in [0.05, 0.1) is 11.6 Å². The minimum absolute atomic E-state index is 0.0439. The third kappa shape index (κ3) is 3.27. The Morgan fingerprint density at radius 1 is 1.30 bits per heavy atom. The number of aromatic nitrogens is 2. The van der Waals surface area contributed by atoms with Gasteiger partial charge in [-0.1, -0.05) is 18.5 Å². The Bertz CT molecular complexity index is 610. The van der Waals surface area contributed by atoms with E-state index in [2.05, 4.69) is 9.97 Å². The SMILES string of the molecule is CCCOc1ncnc(Oc2ccc(F)c(Cl)c2)c1N. The number of nitrogens with two attached hydrogens (primary N) is 1. The predicted molar refractivity (Wildman–Crippen MR) is 73.7 cm³/mol. The van der Waals surface area contributed by atoms with Crippen molar-refractivity contribution in [2.75, 3.05) is 12.3 Å². The summed E-state index contributed by atoms with van der Waals surface area (Å²) < 4.78 is 23.9. The van der Waals surface area contributed by atoms with E-state index in [9.17, 15) is 4.39 Å². The molecule has 7 heteroatoms. The molecule has 0 unspecified atom stereocenters. The lowest BCUT2D eigenvalue weighted by atomic mass is 10.3. The minimum atomic E-state index is -0.526. The zero-order valence-electron chi connectivity index (χ0n) is 10.8. The molecule has 0 bridgehead atoms. The molecule has 0 aliphatic rings. The van der Waals surface area contributed by atoms with Crippen LogP contribution in [0.4, 0.5) is 10.1 Å². The third-order valence-corrected chi connectivity index (χ3v) is 2.65. The van der Waals surface area contributed by atoms with Gasteiger partial charge in [-0.25, -0.2) is 4.39 Å². The average molecular weight is 298 g/mol. The average Bonchev–Trinajstić information content (AvgIpc) is 2.44. The first-order valence-corrected chi connectivity index (χ1v) is 6.35. The molecule has 0 saturated carbocycles. The van der Waals surface area contributed by atoms with Crippen molar-refractivity contribution in [2.24, 2.45) is 0 Å². The third-order valence-electron chi connectivity index (χ3n) is 2.36. The number of anilines is 1. The van der Waals surface area contributed by atoms with E-state index in [-0.39, 0.29) is 22.5 Å². The molecule has 2 N–H and O–H groups in total. The van der Waals surface area contributed by atoms with Crippen molar-refractivity contribution in [1.82, 2.24) is 9.97 Å². The van der Waals surface area contributed by atoms with Gasteiger partial charge >= 0.3 is 0 Å². The van der Waals surface area contributed by atoms with Crippen molar-refractivity contribution in [2.45, 2.75) is 13.3 Å². The highest BCUT2D eigenvalue weighted by molar-refractivity contribution is 6.30. The van der Waals surface area contributed by atoms with Crippen LogP contribution in [0.3, 0.4) is 0 Å². The fraction of sp³-hybridized carbons (Fsp3) is 0.231. The van der Waals surface area contributed by atoms with Crippen molar-refractivity contribution in [3.05, 3.63) is 35.4 Å². The lowest BCUT2D eigenvalue weighted by molar-refractivity contribution is 0.304. The van der Waals surface area contributed by atoms with Crippen LogP contribution in [0, 0.1) is 5.82 Å². The maximum absolute atomic E-state index is 13.1. The first kappa shape index (κ1) is 14.3. The Kier molecular flexibility index (Phi) is 4.57. The van der Waals surface area contributed by atoms with Gasteiger partial charge in [-0.05, 0) is 18.6 Å². The van der Waals surface area contributed by atoms with Gasteiger partial charge in [-0.3, -0.25) is 0 Å². The van der Waals surface area contributed by atoms with Crippen molar-refractivity contribution < 1.29 is 13.9 Å². The Morgan fingerprint density at radius 3 is 2.75 bits per heavy atom. The summed E-state index contributed by atoms with van der Waals surface area (Å²) in [5.41, 5.74) is 6.04. The molecule has 0 spiro atoms. The van der Waals surface area contributed by atoms with Gasteiger partial charge in [0.15, 0.2) is 5.69 Å². The van der Waals surface area contributed by atoms with Crippen LogP contribution in [0.2, 0.25) is 5.02 Å². The molecule has 20 heavy (non-hydrogen) atoms. The van der Waals surface area contributed by atoms with Gasteiger partial charge in [0.2, 0.25) is 11.8 Å². The van der Waals surface area contributed by atoms with E-state index in [0.29, 0.717) is 12.4 Å². The van der Waals surface area contributed by atoms with Crippen LogP contribution in [-0.2, 0) is 0 Å². The first-order chi connectivity index (χ1) is 9.61. The van der Waals surface area contributed by atoms with Crippen LogP contribution in [0.15, 0.2) is 24.5 Å². The number of nitrogen functional groups attached to an aromatic ring is 1. The number of benzene rings is 1. The molecule has 5 nitrogen and oxygen atoms in total. The molecule has 0 aliphatic carbocycles. The summed E-state index contributed by atoms with van der Waals surface area (Å²) in [6.07, 6.45) is 2.11. The molecule has 0 fully saturated rings. The summed E-state index contributed by atoms with van der Waals surface area (Å²) in [4.78, 5) is 7.84. The normalized spacial score (nSPS) is 10.3. The van der Waals surface area contributed by atoms with Crippen LogP contribution in [0.1, 0.15) is 13.3 Å². The maximum atomic E-state index is 13.1. The van der Waals surface area contributed by atoms with Gasteiger partial charge in [-0.15, -0.1) is 0 Å². The first-order valence-electron chi connectivity index (χ1n) is 5.98. The molecule has 106 valence electrons. The molecule has 1 aromatic heterocycles. The molecular weight excluding hydrogens is 285 g/mol. The summed E-state index contributed by atoms with van der Waals surface area (Å²) in [5, 5.41) is -0.0439. The number of hydrogen-bond donors (Lipinski definition) is 1. The van der Waals surface area contributed by atoms with Crippen molar-refractivity contribution >= 4 is 17.3 Å². The van der Waals surface area contributed by atoms with Gasteiger partial charge in [0.1, 0.15) is 17.9 Å². The summed E-state index contributed by atoms with van der Waals surface area (Å²) in [7, 11) is 0. The molecule has 0 atom stereocenters. The number of ether oxygens (including phenoxy) is 2. The summed E-state index contributed by atoms with van der Waals surface area (Å²) >= 11 is 5.68. The van der Waals surface area contributed by atoms with E-state index in [1.165, 1.54) is 24.5 Å². The summed E-state index contributed by atoms with van der Waals surface area (Å²) in [5.74, 6) is 0.184. The molecular formula is C13H13ClFN3O2. The van der Waals surface area contributed by atoms with Gasteiger partial charge < -0.3 is 15.2 Å². The van der Waals surface area contributed by atoms with Gasteiger partial charge in [0.25, 0.3) is 0 Å². The lowest BCUT2D eigenvalue weighted by Gasteiger charge is -2.10. The fourth-order valence-corrected chi connectivity index (χ4v) is 1.58. The molecule has 2 rings (SSSR count). The number of hydrogen-bond acceptors (Lipinski definition) is 5. The monoisotopic (exact) mass is 297 g/mol. The zero-order chi connectivity index (χ0) is 14.5. The van der Waals surface area contributed by atoms with Crippen LogP contribution in [0.5, 0.6) is 17.5 Å². The van der Waals surface area contributed by atoms with E-state index >= 15 is 0 Å². The second kappa shape index (κ2) is 6.38. The van der Waals surface area contributed by atoms with E-state index in [1.807, 2.05) is 6.92 Å². The summed E-state index contributed by atoms with van der Waals surface area (Å²) in [6.45, 7) is 2.46. The maximum Gasteiger partial charge on any atom is 0.249 e. The second-order valence-corrected chi connectivity index (χ2v) is 4.33. The molecule has 1 aromatic carbocycles. The minimum Gasteiger partial charge on any atom is -0.476 e. The highest BCUT2D eigenvalue weighted by Crippen LogP contribution is 2.32. The van der Waals surface area contributed by atoms with Crippen molar-refractivity contribution in [1.29, 1.82) is 0 Å². The van der Waals surface area contributed by atoms with E-state index in [4.69, 9.17) is 26.8 Å². The zero-order valence-corrected chi connectivity index (χ0v) is 11.5. The van der Waals surface area contributed by atoms with E-state index < -0.39 is 5.82 Å². The largest absolute Gasteiger partial charge is 0.476 e. The molecule has 2 aromatic rings. The standard InChI is InChI=1S/C13H13ClFN3O2/c1-2-5-19-12-11(16)13(18-7-17-12)20-8-3-4-10(15)9(14)6-8/h3-4,6-7H,2,5,16H2,1H3. The number of nitrogens with zero attached hydrogens (tertiary/aromatic N) is 2. The second-order valence-electron chi connectivity index (χ2n) is 3.92. The molecule has 0 saturated heterocycles. The summed E-state index contributed by atoms with van der Waals surface area (Å²) in [6, 6.07) is 3.96. The lowest BCUT2D eigenvalue weighted by Crippen LogP contribution is -2.04. The predicted octanol–water partition coefficient (Wildman–Crippen LogP) is 3.43. The van der Waals surface area contributed by atoms with Crippen LogP contribution in [-0.4, -0.2) is 16.6 Å². The van der Waals surface area contributed by atoms with Crippen LogP contribution < -0.4 is 15.2 Å². The van der Waals surface area contributed by atoms with Crippen molar-refractivity contribution in [3.63, 3.8) is 0 Å². The number of halogens is 2. The van der Waals surface area contributed by atoms with Gasteiger partial charge in [-0.2, -0.15) is 9.97 Å². The topological polar surface area (TPSA) is 70.3 Å². The highest BCUT2D eigenvalue weighted by Gasteiger charge is 2.12.